The first-order chi connectivity index (χ1) is 7.35. The smallest absolute Gasteiger partial charge is 0.213 e. The Balaban J connectivity index is 2.72. The highest BCUT2D eigenvalue weighted by atomic mass is 32.2. The molecule has 0 bridgehead atoms. The minimum absolute atomic E-state index is 0.118. The lowest BCUT2D eigenvalue weighted by Gasteiger charge is -2.37. The van der Waals surface area contributed by atoms with Gasteiger partial charge in [0, 0.05) is 18.5 Å². The molecule has 0 saturated carbocycles. The predicted molar refractivity (Wildman–Crippen MR) is 61.8 cm³/mol. The Hall–Kier alpha value is -0.820. The first-order valence-electron chi connectivity index (χ1n) is 5.31. The van der Waals surface area contributed by atoms with Gasteiger partial charge in [-0.15, -0.1) is 0 Å². The summed E-state index contributed by atoms with van der Waals surface area (Å²) in [4.78, 5) is 0. The molecule has 0 atom stereocenters. The second kappa shape index (κ2) is 4.58. The van der Waals surface area contributed by atoms with Gasteiger partial charge >= 0.3 is 0 Å². The van der Waals surface area contributed by atoms with Gasteiger partial charge < -0.3 is 10.9 Å². The van der Waals surface area contributed by atoms with Gasteiger partial charge in [-0.3, -0.25) is 0 Å². The summed E-state index contributed by atoms with van der Waals surface area (Å²) in [5.41, 5.74) is 5.21. The molecule has 0 amide bonds. The van der Waals surface area contributed by atoms with Crippen molar-refractivity contribution in [1.82, 2.24) is 4.31 Å². The monoisotopic (exact) mass is 249 g/mol. The lowest BCUT2D eigenvalue weighted by Crippen LogP contribution is -2.47. The van der Waals surface area contributed by atoms with Crippen LogP contribution in [-0.4, -0.2) is 42.6 Å². The van der Waals surface area contributed by atoms with Crippen LogP contribution in [0.4, 0.5) is 0 Å². The lowest BCUT2D eigenvalue weighted by atomic mass is 9.80. The highest BCUT2D eigenvalue weighted by molar-refractivity contribution is 7.89. The molecule has 16 heavy (non-hydrogen) atoms. The third kappa shape index (κ3) is 2.46. The van der Waals surface area contributed by atoms with Crippen LogP contribution in [-0.2, 0) is 10.0 Å². The Bertz CT molecular complexity index is 369. The van der Waals surface area contributed by atoms with Gasteiger partial charge in [0.1, 0.15) is 5.84 Å². The SMILES string of the molecule is CCS(=O)(=O)N1CCC(C)(C(N)=NO)CC1. The van der Waals surface area contributed by atoms with Crippen LogP contribution in [0, 0.1) is 5.41 Å². The summed E-state index contributed by atoms with van der Waals surface area (Å²) in [6.45, 7) is 4.39. The van der Waals surface area contributed by atoms with E-state index in [-0.39, 0.29) is 11.6 Å². The molecular weight excluding hydrogens is 230 g/mol. The Morgan fingerprint density at radius 1 is 1.50 bits per heavy atom. The van der Waals surface area contributed by atoms with Crippen molar-refractivity contribution in [1.29, 1.82) is 0 Å². The third-order valence-corrected chi connectivity index (χ3v) is 5.19. The van der Waals surface area contributed by atoms with Crippen LogP contribution in [0.15, 0.2) is 5.16 Å². The molecular formula is C9H19N3O3S. The molecule has 0 aromatic heterocycles. The van der Waals surface area contributed by atoms with E-state index >= 15 is 0 Å². The van der Waals surface area contributed by atoms with Gasteiger partial charge in [0.25, 0.3) is 0 Å². The minimum Gasteiger partial charge on any atom is -0.409 e. The van der Waals surface area contributed by atoms with E-state index in [0.717, 1.165) is 0 Å². The van der Waals surface area contributed by atoms with E-state index in [1.54, 1.807) is 6.92 Å². The Labute approximate surface area is 96.2 Å². The van der Waals surface area contributed by atoms with Crippen LogP contribution in [0.5, 0.6) is 0 Å². The highest BCUT2D eigenvalue weighted by Crippen LogP contribution is 2.32. The molecule has 3 N–H and O–H groups in total. The quantitative estimate of drug-likeness (QED) is 0.323. The van der Waals surface area contributed by atoms with Crippen LogP contribution < -0.4 is 5.73 Å². The van der Waals surface area contributed by atoms with E-state index in [1.807, 2.05) is 6.92 Å². The molecule has 94 valence electrons. The van der Waals surface area contributed by atoms with Gasteiger partial charge in [0.05, 0.1) is 5.75 Å². The molecule has 0 aromatic carbocycles. The maximum Gasteiger partial charge on any atom is 0.213 e. The van der Waals surface area contributed by atoms with Crippen molar-refractivity contribution in [3.8, 4) is 0 Å². The molecule has 1 saturated heterocycles. The van der Waals surface area contributed by atoms with E-state index in [9.17, 15) is 8.42 Å². The van der Waals surface area contributed by atoms with Crippen LogP contribution >= 0.6 is 0 Å². The summed E-state index contributed by atoms with van der Waals surface area (Å²) in [5, 5.41) is 11.7. The van der Waals surface area contributed by atoms with Gasteiger partial charge in [0.15, 0.2) is 0 Å². The van der Waals surface area contributed by atoms with E-state index in [4.69, 9.17) is 10.9 Å². The fraction of sp³-hybridized carbons (Fsp3) is 0.889. The lowest BCUT2D eigenvalue weighted by molar-refractivity contribution is 0.230. The molecule has 1 heterocycles. The summed E-state index contributed by atoms with van der Waals surface area (Å²) < 4.78 is 24.7. The Kier molecular flexibility index (Phi) is 3.80. The number of hydrogen-bond donors (Lipinski definition) is 2. The van der Waals surface area contributed by atoms with Crippen molar-refractivity contribution in [2.45, 2.75) is 26.7 Å². The van der Waals surface area contributed by atoms with Gasteiger partial charge in [-0.05, 0) is 19.8 Å². The second-order valence-electron chi connectivity index (χ2n) is 4.35. The molecule has 0 radical (unpaired) electrons. The van der Waals surface area contributed by atoms with Gasteiger partial charge in [-0.2, -0.15) is 0 Å². The molecule has 1 aliphatic heterocycles. The van der Waals surface area contributed by atoms with Crippen molar-refractivity contribution in [3.63, 3.8) is 0 Å². The maximum atomic E-state index is 11.6. The maximum absolute atomic E-state index is 11.6. The number of piperidine rings is 1. The number of oxime groups is 1. The van der Waals surface area contributed by atoms with Crippen LogP contribution in [0.2, 0.25) is 0 Å². The molecule has 1 fully saturated rings. The van der Waals surface area contributed by atoms with E-state index in [0.29, 0.717) is 25.9 Å². The summed E-state index contributed by atoms with van der Waals surface area (Å²) in [6.07, 6.45) is 1.17. The number of sulfonamides is 1. The number of nitrogens with two attached hydrogens (primary N) is 1. The van der Waals surface area contributed by atoms with Crippen molar-refractivity contribution in [2.75, 3.05) is 18.8 Å². The van der Waals surface area contributed by atoms with Crippen molar-refractivity contribution in [2.24, 2.45) is 16.3 Å². The molecule has 0 unspecified atom stereocenters. The molecule has 6 nitrogen and oxygen atoms in total. The zero-order valence-corrected chi connectivity index (χ0v) is 10.5. The van der Waals surface area contributed by atoms with E-state index in [2.05, 4.69) is 5.16 Å². The first kappa shape index (κ1) is 13.2. The van der Waals surface area contributed by atoms with Crippen molar-refractivity contribution in [3.05, 3.63) is 0 Å². The Morgan fingerprint density at radius 2 is 2.00 bits per heavy atom. The number of amidine groups is 1. The first-order valence-corrected chi connectivity index (χ1v) is 6.92. The fourth-order valence-corrected chi connectivity index (χ4v) is 2.92. The average Bonchev–Trinajstić information content (AvgIpc) is 2.28. The fourth-order valence-electron chi connectivity index (χ4n) is 1.82. The van der Waals surface area contributed by atoms with Gasteiger partial charge in [0.2, 0.25) is 10.0 Å². The van der Waals surface area contributed by atoms with Crippen LogP contribution in [0.1, 0.15) is 26.7 Å². The third-order valence-electron chi connectivity index (χ3n) is 3.31. The summed E-state index contributed by atoms with van der Waals surface area (Å²) >= 11 is 0. The topological polar surface area (TPSA) is 96.0 Å². The molecule has 0 aliphatic carbocycles. The zero-order valence-electron chi connectivity index (χ0n) is 9.68. The number of rotatable bonds is 3. The minimum atomic E-state index is -3.11. The average molecular weight is 249 g/mol. The zero-order chi connectivity index (χ0) is 12.4. The molecule has 1 rings (SSSR count). The van der Waals surface area contributed by atoms with Gasteiger partial charge in [-0.25, -0.2) is 12.7 Å². The summed E-state index contributed by atoms with van der Waals surface area (Å²) in [6, 6.07) is 0. The molecule has 7 heteroatoms. The van der Waals surface area contributed by atoms with Crippen LogP contribution in [0.25, 0.3) is 0 Å². The molecule has 0 aromatic rings. The van der Waals surface area contributed by atoms with Crippen molar-refractivity contribution >= 4 is 15.9 Å². The van der Waals surface area contributed by atoms with E-state index < -0.39 is 15.4 Å². The normalized spacial score (nSPS) is 23.2. The molecule has 0 spiro atoms. The van der Waals surface area contributed by atoms with E-state index in [1.165, 1.54) is 4.31 Å². The second-order valence-corrected chi connectivity index (χ2v) is 6.60. The highest BCUT2D eigenvalue weighted by Gasteiger charge is 2.37. The number of hydrogen-bond acceptors (Lipinski definition) is 4. The van der Waals surface area contributed by atoms with Crippen molar-refractivity contribution < 1.29 is 13.6 Å². The van der Waals surface area contributed by atoms with Gasteiger partial charge in [-0.1, -0.05) is 12.1 Å². The summed E-state index contributed by atoms with van der Waals surface area (Å²) in [7, 11) is -3.11. The largest absolute Gasteiger partial charge is 0.409 e. The predicted octanol–water partition coefficient (Wildman–Crippen LogP) is 0.185. The Morgan fingerprint density at radius 3 is 2.38 bits per heavy atom. The standard InChI is InChI=1S/C9H19N3O3S/c1-3-16(14,15)12-6-4-9(2,5-7-12)8(10)11-13/h13H,3-7H2,1-2H3,(H2,10,11). The number of nitrogens with zero attached hydrogens (tertiary/aromatic N) is 2. The summed E-state index contributed by atoms with van der Waals surface area (Å²) in [5.74, 6) is 0.300. The molecule has 1 aliphatic rings. The van der Waals surface area contributed by atoms with Crippen LogP contribution in [0.3, 0.4) is 0 Å².